The molecule has 0 saturated heterocycles. The highest BCUT2D eigenvalue weighted by Crippen LogP contribution is 2.12. The summed E-state index contributed by atoms with van der Waals surface area (Å²) in [7, 11) is 0. The van der Waals surface area contributed by atoms with Gasteiger partial charge in [-0.1, -0.05) is 6.07 Å². The Hall–Kier alpha value is -1.33. The Labute approximate surface area is 91.7 Å². The third-order valence-corrected chi connectivity index (χ3v) is 2.83. The van der Waals surface area contributed by atoms with Crippen molar-refractivity contribution in [3.63, 3.8) is 0 Å². The number of nitrogens with two attached hydrogens (primary N) is 1. The van der Waals surface area contributed by atoms with Gasteiger partial charge in [0.1, 0.15) is 6.26 Å². The lowest BCUT2D eigenvalue weighted by atomic mass is 10.4. The van der Waals surface area contributed by atoms with Gasteiger partial charge in [-0.2, -0.15) is 4.98 Å². The van der Waals surface area contributed by atoms with E-state index in [0.29, 0.717) is 24.9 Å². The third kappa shape index (κ3) is 2.81. The summed E-state index contributed by atoms with van der Waals surface area (Å²) in [5.41, 5.74) is 6.10. The average molecular weight is 224 g/mol. The average Bonchev–Trinajstić information content (AvgIpc) is 2.88. The van der Waals surface area contributed by atoms with Gasteiger partial charge in [0.15, 0.2) is 0 Å². The van der Waals surface area contributed by atoms with Crippen molar-refractivity contribution in [2.75, 3.05) is 6.61 Å². The molecule has 2 rings (SSSR count). The van der Waals surface area contributed by atoms with Gasteiger partial charge >= 0.3 is 6.08 Å². The van der Waals surface area contributed by atoms with Crippen molar-refractivity contribution in [2.24, 2.45) is 5.73 Å². The minimum Gasteiger partial charge on any atom is -0.450 e. The van der Waals surface area contributed by atoms with Crippen LogP contribution in [-0.4, -0.2) is 11.6 Å². The minimum atomic E-state index is 0.298. The van der Waals surface area contributed by atoms with Crippen LogP contribution in [0.5, 0.6) is 6.08 Å². The summed E-state index contributed by atoms with van der Waals surface area (Å²) in [6.45, 7) is 0.947. The second kappa shape index (κ2) is 4.95. The quantitative estimate of drug-likeness (QED) is 0.841. The zero-order valence-electron chi connectivity index (χ0n) is 8.18. The van der Waals surface area contributed by atoms with E-state index >= 15 is 0 Å². The first kappa shape index (κ1) is 10.2. The molecule has 0 saturated carbocycles. The Kier molecular flexibility index (Phi) is 3.37. The molecule has 0 spiro atoms. The molecular formula is C10H12N2O2S. The van der Waals surface area contributed by atoms with E-state index < -0.39 is 0 Å². The summed E-state index contributed by atoms with van der Waals surface area (Å²) in [4.78, 5) is 5.33. The van der Waals surface area contributed by atoms with Gasteiger partial charge in [-0.3, -0.25) is 0 Å². The van der Waals surface area contributed by atoms with Crippen molar-refractivity contribution >= 4 is 11.3 Å². The molecule has 0 amide bonds. The number of nitrogens with zero attached hydrogens (tertiary/aromatic N) is 1. The van der Waals surface area contributed by atoms with E-state index in [4.69, 9.17) is 14.9 Å². The smallest absolute Gasteiger partial charge is 0.393 e. The van der Waals surface area contributed by atoms with Crippen LogP contribution < -0.4 is 10.5 Å². The molecule has 80 valence electrons. The maximum Gasteiger partial charge on any atom is 0.393 e. The topological polar surface area (TPSA) is 61.3 Å². The fourth-order valence-electron chi connectivity index (χ4n) is 1.14. The minimum absolute atomic E-state index is 0.298. The monoisotopic (exact) mass is 224 g/mol. The van der Waals surface area contributed by atoms with Crippen LogP contribution in [0.3, 0.4) is 0 Å². The summed E-state index contributed by atoms with van der Waals surface area (Å²) in [6.07, 6.45) is 2.69. The van der Waals surface area contributed by atoms with Gasteiger partial charge < -0.3 is 14.9 Å². The number of thiophene rings is 1. The Morgan fingerprint density at radius 2 is 2.47 bits per heavy atom. The second-order valence-corrected chi connectivity index (χ2v) is 4.02. The molecule has 0 unspecified atom stereocenters. The van der Waals surface area contributed by atoms with E-state index in [2.05, 4.69) is 11.1 Å². The van der Waals surface area contributed by atoms with Gasteiger partial charge in [0.2, 0.25) is 0 Å². The Morgan fingerprint density at radius 3 is 3.13 bits per heavy atom. The molecule has 15 heavy (non-hydrogen) atoms. The Bertz CT molecular complexity index is 397. The summed E-state index contributed by atoms with van der Waals surface area (Å²) in [5, 5.41) is 2.05. The maximum absolute atomic E-state index is 5.39. The summed E-state index contributed by atoms with van der Waals surface area (Å²) < 4.78 is 10.4. The number of ether oxygens (including phenoxy) is 1. The van der Waals surface area contributed by atoms with Gasteiger partial charge in [-0.05, 0) is 11.4 Å². The number of oxazole rings is 1. The number of hydrogen-bond donors (Lipinski definition) is 1. The van der Waals surface area contributed by atoms with Crippen LogP contribution in [0.25, 0.3) is 0 Å². The first-order chi connectivity index (χ1) is 7.38. The van der Waals surface area contributed by atoms with Crippen LogP contribution in [0, 0.1) is 0 Å². The number of rotatable bonds is 5. The van der Waals surface area contributed by atoms with E-state index in [1.807, 2.05) is 11.4 Å². The largest absolute Gasteiger partial charge is 0.450 e. The lowest BCUT2D eigenvalue weighted by Crippen LogP contribution is -2.01. The Morgan fingerprint density at radius 1 is 1.53 bits per heavy atom. The molecule has 0 aliphatic carbocycles. The van der Waals surface area contributed by atoms with Crippen LogP contribution in [0.1, 0.15) is 10.6 Å². The van der Waals surface area contributed by atoms with Crippen LogP contribution in [0.2, 0.25) is 0 Å². The van der Waals surface area contributed by atoms with Crippen molar-refractivity contribution in [3.05, 3.63) is 34.3 Å². The van der Waals surface area contributed by atoms with Gasteiger partial charge in [-0.25, -0.2) is 0 Å². The van der Waals surface area contributed by atoms with Crippen molar-refractivity contribution in [3.8, 4) is 6.08 Å². The molecule has 4 nitrogen and oxygen atoms in total. The van der Waals surface area contributed by atoms with Gasteiger partial charge in [-0.15, -0.1) is 11.3 Å². The molecule has 0 fully saturated rings. The third-order valence-electron chi connectivity index (χ3n) is 1.89. The van der Waals surface area contributed by atoms with Crippen LogP contribution >= 0.6 is 11.3 Å². The molecule has 0 bridgehead atoms. The van der Waals surface area contributed by atoms with Gasteiger partial charge in [0.25, 0.3) is 0 Å². The van der Waals surface area contributed by atoms with Gasteiger partial charge in [0.05, 0.1) is 12.3 Å². The zero-order valence-corrected chi connectivity index (χ0v) is 9.00. The summed E-state index contributed by atoms with van der Waals surface area (Å²) in [5.74, 6) is 0. The Balaban J connectivity index is 1.78. The number of hydrogen-bond acceptors (Lipinski definition) is 5. The molecule has 0 aliphatic heterocycles. The normalized spacial score (nSPS) is 10.5. The number of aromatic nitrogens is 1. The highest BCUT2D eigenvalue weighted by molar-refractivity contribution is 7.09. The molecule has 5 heteroatoms. The molecule has 0 radical (unpaired) electrons. The van der Waals surface area contributed by atoms with Crippen molar-refractivity contribution in [2.45, 2.75) is 13.0 Å². The summed E-state index contributed by atoms with van der Waals surface area (Å²) >= 11 is 1.72. The van der Waals surface area contributed by atoms with Crippen molar-refractivity contribution in [1.29, 1.82) is 0 Å². The van der Waals surface area contributed by atoms with Crippen molar-refractivity contribution in [1.82, 2.24) is 4.98 Å². The van der Waals surface area contributed by atoms with E-state index in [1.54, 1.807) is 11.3 Å². The highest BCUT2D eigenvalue weighted by atomic mass is 32.1. The predicted molar refractivity (Wildman–Crippen MR) is 57.9 cm³/mol. The fourth-order valence-corrected chi connectivity index (χ4v) is 1.83. The fraction of sp³-hybridized carbons (Fsp3) is 0.300. The molecule has 0 aromatic carbocycles. The van der Waals surface area contributed by atoms with E-state index in [0.717, 1.165) is 6.42 Å². The summed E-state index contributed by atoms with van der Waals surface area (Å²) in [6, 6.07) is 4.10. The molecule has 2 aromatic rings. The lowest BCUT2D eigenvalue weighted by molar-refractivity contribution is 0.234. The first-order valence-corrected chi connectivity index (χ1v) is 5.56. The van der Waals surface area contributed by atoms with E-state index in [1.165, 1.54) is 11.1 Å². The highest BCUT2D eigenvalue weighted by Gasteiger charge is 2.03. The predicted octanol–water partition coefficient (Wildman–Crippen LogP) is 1.82. The standard InChI is InChI=1S/C10H12N2O2S/c11-6-8-7-14-10(12-8)13-4-3-9-2-1-5-15-9/h1-2,5,7H,3-4,6,11H2. The molecule has 0 atom stereocenters. The van der Waals surface area contributed by atoms with Crippen molar-refractivity contribution < 1.29 is 9.15 Å². The zero-order chi connectivity index (χ0) is 10.5. The molecule has 2 heterocycles. The lowest BCUT2D eigenvalue weighted by Gasteiger charge is -1.98. The van der Waals surface area contributed by atoms with E-state index in [-0.39, 0.29) is 0 Å². The van der Waals surface area contributed by atoms with Crippen LogP contribution in [0.15, 0.2) is 28.2 Å². The molecule has 2 aromatic heterocycles. The maximum atomic E-state index is 5.39. The second-order valence-electron chi connectivity index (χ2n) is 2.99. The van der Waals surface area contributed by atoms with E-state index in [9.17, 15) is 0 Å². The molecule has 0 aliphatic rings. The molecular weight excluding hydrogens is 212 g/mol. The first-order valence-electron chi connectivity index (χ1n) is 4.68. The SMILES string of the molecule is NCc1coc(OCCc2cccs2)n1. The van der Waals surface area contributed by atoms with Crippen LogP contribution in [-0.2, 0) is 13.0 Å². The molecule has 2 N–H and O–H groups in total. The van der Waals surface area contributed by atoms with Crippen LogP contribution in [0.4, 0.5) is 0 Å². The van der Waals surface area contributed by atoms with Gasteiger partial charge in [0, 0.05) is 17.8 Å².